The zero-order valence-electron chi connectivity index (χ0n) is 20.4. The van der Waals surface area contributed by atoms with Gasteiger partial charge in [-0.1, -0.05) is 43.5 Å². The Bertz CT molecular complexity index is 1350. The van der Waals surface area contributed by atoms with E-state index in [2.05, 4.69) is 13.2 Å². The highest BCUT2D eigenvalue weighted by Crippen LogP contribution is 2.28. The summed E-state index contributed by atoms with van der Waals surface area (Å²) in [6.07, 6.45) is 2.92. The summed E-state index contributed by atoms with van der Waals surface area (Å²) in [5.41, 5.74) is 4.19. The Balaban J connectivity index is 1.59. The number of carbonyl (C=O) groups excluding carboxylic acids is 3. The van der Waals surface area contributed by atoms with Crippen LogP contribution in [-0.4, -0.2) is 17.9 Å². The number of benzene rings is 3. The zero-order valence-corrected chi connectivity index (χ0v) is 20.4. The summed E-state index contributed by atoms with van der Waals surface area (Å²) < 4.78 is 15.8. The quantitative estimate of drug-likeness (QED) is 0.215. The minimum atomic E-state index is -0.527. The monoisotopic (exact) mass is 482 g/mol. The van der Waals surface area contributed by atoms with Gasteiger partial charge in [-0.05, 0) is 85.5 Å². The van der Waals surface area contributed by atoms with Gasteiger partial charge in [-0.2, -0.15) is 0 Å². The van der Waals surface area contributed by atoms with Crippen LogP contribution in [0.15, 0.2) is 97.1 Å². The third-order valence-electron chi connectivity index (χ3n) is 4.99. The van der Waals surface area contributed by atoms with Crippen molar-refractivity contribution in [1.82, 2.24) is 0 Å². The van der Waals surface area contributed by atoms with Gasteiger partial charge >= 0.3 is 17.9 Å². The highest BCUT2D eigenvalue weighted by atomic mass is 16.5. The Kier molecular flexibility index (Phi) is 8.36. The van der Waals surface area contributed by atoms with E-state index in [9.17, 15) is 14.4 Å². The molecule has 0 unspecified atom stereocenters. The van der Waals surface area contributed by atoms with Gasteiger partial charge in [-0.15, -0.1) is 0 Å². The van der Waals surface area contributed by atoms with Gasteiger partial charge in [0.25, 0.3) is 0 Å². The van der Waals surface area contributed by atoms with Gasteiger partial charge in [0.2, 0.25) is 0 Å². The van der Waals surface area contributed by atoms with E-state index < -0.39 is 17.9 Å². The fraction of sp³-hybridized carbons (Fsp3) is 0.100. The summed E-state index contributed by atoms with van der Waals surface area (Å²) in [6.45, 7) is 12.2. The third kappa shape index (κ3) is 7.14. The summed E-state index contributed by atoms with van der Waals surface area (Å²) in [7, 11) is 0. The van der Waals surface area contributed by atoms with Crippen molar-refractivity contribution in [2.75, 3.05) is 0 Å². The minimum absolute atomic E-state index is 0.310. The number of ether oxygens (including phenoxy) is 3. The first kappa shape index (κ1) is 25.9. The lowest BCUT2D eigenvalue weighted by Crippen LogP contribution is -2.08. The first-order valence-corrected chi connectivity index (χ1v) is 11.1. The lowest BCUT2D eigenvalue weighted by molar-refractivity contribution is -0.130. The molecule has 182 valence electrons. The van der Waals surface area contributed by atoms with Crippen LogP contribution >= 0.6 is 0 Å². The van der Waals surface area contributed by atoms with E-state index in [1.165, 1.54) is 6.08 Å². The smallest absolute Gasteiger partial charge is 0.338 e. The number of hydrogen-bond acceptors (Lipinski definition) is 6. The Hall–Kier alpha value is -4.71. The van der Waals surface area contributed by atoms with E-state index in [-0.39, 0.29) is 0 Å². The zero-order chi connectivity index (χ0) is 26.2. The molecule has 36 heavy (non-hydrogen) atoms. The molecule has 0 aliphatic rings. The first-order valence-electron chi connectivity index (χ1n) is 11.1. The van der Waals surface area contributed by atoms with Gasteiger partial charge < -0.3 is 14.2 Å². The van der Waals surface area contributed by atoms with Gasteiger partial charge in [-0.25, -0.2) is 14.4 Å². The van der Waals surface area contributed by atoms with Crippen LogP contribution in [0.3, 0.4) is 0 Å². The molecular formula is C30H26O6. The molecule has 0 spiro atoms. The third-order valence-corrected chi connectivity index (χ3v) is 4.99. The molecule has 0 radical (unpaired) electrons. The maximum Gasteiger partial charge on any atom is 0.338 e. The maximum absolute atomic E-state index is 12.2. The van der Waals surface area contributed by atoms with Crippen LogP contribution < -0.4 is 14.2 Å². The van der Waals surface area contributed by atoms with Gasteiger partial charge in [-0.3, -0.25) is 0 Å². The second kappa shape index (κ2) is 11.6. The highest BCUT2D eigenvalue weighted by Gasteiger charge is 2.09. The van der Waals surface area contributed by atoms with Crippen molar-refractivity contribution in [2.24, 2.45) is 0 Å². The predicted molar refractivity (Wildman–Crippen MR) is 139 cm³/mol. The standard InChI is InChI=1S/C30H26O6/c1-19(2)29(32)35-25-11-6-22(7-12-25)8-17-28(31)34-24-13-9-23(10-14-24)27-16-15-26(18-21(27)5)36-30(33)20(3)4/h6-18H,1,3H2,2,4-5H3/b17-8+. The molecule has 6 nitrogen and oxygen atoms in total. The van der Waals surface area contributed by atoms with Crippen LogP contribution in [0.1, 0.15) is 25.0 Å². The van der Waals surface area contributed by atoms with Gasteiger partial charge in [0.15, 0.2) is 0 Å². The van der Waals surface area contributed by atoms with Crippen molar-refractivity contribution in [3.8, 4) is 28.4 Å². The van der Waals surface area contributed by atoms with Crippen molar-refractivity contribution in [1.29, 1.82) is 0 Å². The van der Waals surface area contributed by atoms with Crippen molar-refractivity contribution in [2.45, 2.75) is 20.8 Å². The van der Waals surface area contributed by atoms with Crippen LogP contribution in [0.5, 0.6) is 17.2 Å². The molecule has 3 aromatic carbocycles. The van der Waals surface area contributed by atoms with E-state index in [1.54, 1.807) is 68.5 Å². The molecule has 3 rings (SSSR count). The Labute approximate surface area is 210 Å². The molecule has 0 aliphatic carbocycles. The van der Waals surface area contributed by atoms with Crippen LogP contribution in [0, 0.1) is 6.92 Å². The Morgan fingerprint density at radius 1 is 0.694 bits per heavy atom. The summed E-state index contributed by atoms with van der Waals surface area (Å²) in [4.78, 5) is 35.5. The lowest BCUT2D eigenvalue weighted by Gasteiger charge is -2.10. The largest absolute Gasteiger partial charge is 0.423 e. The van der Waals surface area contributed by atoms with Crippen molar-refractivity contribution < 1.29 is 28.6 Å². The average Bonchev–Trinajstić information content (AvgIpc) is 2.84. The highest BCUT2D eigenvalue weighted by molar-refractivity contribution is 5.90. The van der Waals surface area contributed by atoms with Crippen LogP contribution in [-0.2, 0) is 14.4 Å². The molecule has 3 aromatic rings. The fourth-order valence-corrected chi connectivity index (χ4v) is 3.08. The molecule has 0 aliphatic heterocycles. The summed E-state index contributed by atoms with van der Waals surface area (Å²) in [6, 6.07) is 19.2. The number of aryl methyl sites for hydroxylation is 1. The average molecular weight is 483 g/mol. The van der Waals surface area contributed by atoms with Crippen molar-refractivity contribution >= 4 is 24.0 Å². The van der Waals surface area contributed by atoms with Gasteiger partial charge in [0.1, 0.15) is 17.2 Å². The number of rotatable bonds is 8. The molecule has 6 heteroatoms. The Morgan fingerprint density at radius 3 is 1.75 bits per heavy atom. The number of esters is 3. The summed E-state index contributed by atoms with van der Waals surface area (Å²) in [5, 5.41) is 0. The normalized spacial score (nSPS) is 10.5. The van der Waals surface area contributed by atoms with Gasteiger partial charge in [0, 0.05) is 17.2 Å². The minimum Gasteiger partial charge on any atom is -0.423 e. The second-order valence-electron chi connectivity index (χ2n) is 8.16. The van der Waals surface area contributed by atoms with E-state index in [0.717, 1.165) is 22.3 Å². The van der Waals surface area contributed by atoms with Crippen LogP contribution in [0.2, 0.25) is 0 Å². The SMILES string of the molecule is C=C(C)C(=O)Oc1ccc(/C=C/C(=O)Oc2ccc(-c3ccc(OC(=O)C(=C)C)cc3C)cc2)cc1. The van der Waals surface area contributed by atoms with Crippen molar-refractivity contribution in [3.63, 3.8) is 0 Å². The second-order valence-corrected chi connectivity index (χ2v) is 8.16. The summed E-state index contributed by atoms with van der Waals surface area (Å²) in [5.74, 6) is -0.252. The molecule has 0 fully saturated rings. The maximum atomic E-state index is 12.2. The molecule has 0 amide bonds. The van der Waals surface area contributed by atoms with E-state index in [1.807, 2.05) is 25.1 Å². The Morgan fingerprint density at radius 2 is 1.19 bits per heavy atom. The van der Waals surface area contributed by atoms with Gasteiger partial charge in [0.05, 0.1) is 0 Å². The number of carbonyl (C=O) groups is 3. The fourth-order valence-electron chi connectivity index (χ4n) is 3.08. The van der Waals surface area contributed by atoms with E-state index in [4.69, 9.17) is 14.2 Å². The van der Waals surface area contributed by atoms with E-state index in [0.29, 0.717) is 28.4 Å². The molecule has 0 saturated heterocycles. The predicted octanol–water partition coefficient (Wildman–Crippen LogP) is 6.24. The molecule has 0 atom stereocenters. The molecule has 0 aromatic heterocycles. The molecule has 0 bridgehead atoms. The molecule has 0 N–H and O–H groups in total. The topological polar surface area (TPSA) is 78.9 Å². The molecule has 0 heterocycles. The van der Waals surface area contributed by atoms with E-state index >= 15 is 0 Å². The summed E-state index contributed by atoms with van der Waals surface area (Å²) >= 11 is 0. The molecular weight excluding hydrogens is 456 g/mol. The number of hydrogen-bond donors (Lipinski definition) is 0. The van der Waals surface area contributed by atoms with Crippen LogP contribution in [0.25, 0.3) is 17.2 Å². The molecule has 0 saturated carbocycles. The van der Waals surface area contributed by atoms with Crippen LogP contribution in [0.4, 0.5) is 0 Å². The first-order chi connectivity index (χ1) is 17.1. The lowest BCUT2D eigenvalue weighted by atomic mass is 10.0. The van der Waals surface area contributed by atoms with Crippen molar-refractivity contribution in [3.05, 3.63) is 108 Å².